The molecule has 0 bridgehead atoms. The molecule has 146 valence electrons. The summed E-state index contributed by atoms with van der Waals surface area (Å²) in [5, 5.41) is 2.88. The molecule has 27 heavy (non-hydrogen) atoms. The molecule has 2 rings (SSSR count). The Labute approximate surface area is 170 Å². The number of benzene rings is 2. The van der Waals surface area contributed by atoms with Crippen LogP contribution in [0, 0.1) is 6.92 Å². The lowest BCUT2D eigenvalue weighted by molar-refractivity contribution is -0.123. The normalized spacial score (nSPS) is 12.4. The third-order valence-electron chi connectivity index (χ3n) is 4.09. The molecule has 0 heterocycles. The molecule has 2 aromatic rings. The molecule has 0 spiro atoms. The van der Waals surface area contributed by atoms with Gasteiger partial charge in [0, 0.05) is 0 Å². The third kappa shape index (κ3) is 6.90. The molecule has 1 N–H and O–H groups in total. The minimum absolute atomic E-state index is 0.0393. The summed E-state index contributed by atoms with van der Waals surface area (Å²) >= 11 is 3.52. The molecule has 4 nitrogen and oxygen atoms in total. The van der Waals surface area contributed by atoms with Gasteiger partial charge in [0.25, 0.3) is 5.91 Å². The van der Waals surface area contributed by atoms with Crippen molar-refractivity contribution in [3.8, 4) is 11.5 Å². The van der Waals surface area contributed by atoms with Gasteiger partial charge < -0.3 is 14.8 Å². The van der Waals surface area contributed by atoms with E-state index in [1.165, 1.54) is 11.1 Å². The number of hydrogen-bond acceptors (Lipinski definition) is 3. The second-order valence-corrected chi connectivity index (χ2v) is 8.63. The Morgan fingerprint density at radius 1 is 1.11 bits per heavy atom. The molecule has 0 saturated heterocycles. The molecule has 0 aromatic heterocycles. The summed E-state index contributed by atoms with van der Waals surface area (Å²) in [5.41, 5.74) is 2.45. The van der Waals surface area contributed by atoms with Crippen LogP contribution in [-0.2, 0) is 10.2 Å². The molecular weight excluding hydrogens is 406 g/mol. The number of amides is 1. The molecule has 0 saturated carbocycles. The van der Waals surface area contributed by atoms with Crippen LogP contribution in [0.1, 0.15) is 38.8 Å². The van der Waals surface area contributed by atoms with Crippen LogP contribution < -0.4 is 14.8 Å². The predicted octanol–water partition coefficient (Wildman–Crippen LogP) is 5.02. The van der Waals surface area contributed by atoms with Crippen molar-refractivity contribution in [1.82, 2.24) is 5.32 Å². The molecule has 0 radical (unpaired) electrons. The van der Waals surface area contributed by atoms with E-state index >= 15 is 0 Å². The van der Waals surface area contributed by atoms with E-state index in [0.717, 1.165) is 10.2 Å². The summed E-state index contributed by atoms with van der Waals surface area (Å²) in [7, 11) is 0. The minimum Gasteiger partial charge on any atom is -0.491 e. The van der Waals surface area contributed by atoms with E-state index in [1.807, 2.05) is 56.3 Å². The zero-order valence-corrected chi connectivity index (χ0v) is 18.2. The highest BCUT2D eigenvalue weighted by atomic mass is 79.9. The van der Waals surface area contributed by atoms with Gasteiger partial charge >= 0.3 is 0 Å². The van der Waals surface area contributed by atoms with Crippen LogP contribution in [0.2, 0.25) is 0 Å². The van der Waals surface area contributed by atoms with Crippen molar-refractivity contribution in [3.63, 3.8) is 0 Å². The number of nitrogens with one attached hydrogen (secondary N) is 1. The van der Waals surface area contributed by atoms with Gasteiger partial charge in [-0.1, -0.05) is 44.5 Å². The van der Waals surface area contributed by atoms with Crippen LogP contribution in [0.4, 0.5) is 0 Å². The Morgan fingerprint density at radius 3 is 2.37 bits per heavy atom. The highest BCUT2D eigenvalue weighted by Gasteiger charge is 2.16. The van der Waals surface area contributed by atoms with E-state index in [0.29, 0.717) is 12.4 Å². The standard InChI is InChI=1S/C22H28BrNO3/c1-15-6-9-18(10-7-15)26-13-16(2)24-21(25)14-27-20-11-8-17(12-19(20)23)22(3,4)5/h6-12,16H,13-14H2,1-5H3,(H,24,25)/t16-/m0/s1. The van der Waals surface area contributed by atoms with E-state index in [4.69, 9.17) is 9.47 Å². The molecule has 0 aliphatic carbocycles. The third-order valence-corrected chi connectivity index (χ3v) is 4.70. The summed E-state index contributed by atoms with van der Waals surface area (Å²) in [4.78, 5) is 12.1. The predicted molar refractivity (Wildman–Crippen MR) is 113 cm³/mol. The average Bonchev–Trinajstić information content (AvgIpc) is 2.59. The first-order valence-electron chi connectivity index (χ1n) is 9.07. The number of carbonyl (C=O) groups excluding carboxylic acids is 1. The van der Waals surface area contributed by atoms with Crippen molar-refractivity contribution in [2.45, 2.75) is 46.1 Å². The number of hydrogen-bond donors (Lipinski definition) is 1. The molecule has 0 aliphatic heterocycles. The average molecular weight is 434 g/mol. The molecular formula is C22H28BrNO3. The van der Waals surface area contributed by atoms with E-state index in [-0.39, 0.29) is 24.0 Å². The van der Waals surface area contributed by atoms with Gasteiger partial charge in [0.05, 0.1) is 10.5 Å². The maximum atomic E-state index is 12.1. The summed E-state index contributed by atoms with van der Waals surface area (Å²) < 4.78 is 12.2. The molecule has 0 fully saturated rings. The Bertz CT molecular complexity index is 766. The van der Waals surface area contributed by atoms with Crippen LogP contribution in [0.15, 0.2) is 46.9 Å². The monoisotopic (exact) mass is 433 g/mol. The van der Waals surface area contributed by atoms with Gasteiger partial charge in [-0.05, 0) is 65.0 Å². The van der Waals surface area contributed by atoms with Gasteiger partial charge in [-0.25, -0.2) is 0 Å². The number of carbonyl (C=O) groups is 1. The largest absolute Gasteiger partial charge is 0.491 e. The maximum absolute atomic E-state index is 12.1. The summed E-state index contributed by atoms with van der Waals surface area (Å²) in [6, 6.07) is 13.7. The second kappa shape index (κ2) is 9.27. The second-order valence-electron chi connectivity index (χ2n) is 7.78. The lowest BCUT2D eigenvalue weighted by atomic mass is 9.87. The van der Waals surface area contributed by atoms with Crippen LogP contribution >= 0.6 is 15.9 Å². The van der Waals surface area contributed by atoms with Gasteiger partial charge in [0.1, 0.15) is 18.1 Å². The summed E-state index contributed by atoms with van der Waals surface area (Å²) in [6.07, 6.45) is 0. The van der Waals surface area contributed by atoms with Crippen LogP contribution in [0.5, 0.6) is 11.5 Å². The number of rotatable bonds is 7. The number of ether oxygens (including phenoxy) is 2. The lowest BCUT2D eigenvalue weighted by Crippen LogP contribution is -2.39. The molecule has 0 aliphatic rings. The minimum atomic E-state index is -0.179. The van der Waals surface area contributed by atoms with Crippen LogP contribution in [-0.4, -0.2) is 25.2 Å². The fourth-order valence-electron chi connectivity index (χ4n) is 2.44. The maximum Gasteiger partial charge on any atom is 0.258 e. The fourth-order valence-corrected chi connectivity index (χ4v) is 2.93. The molecule has 2 aromatic carbocycles. The molecule has 1 amide bonds. The first-order valence-corrected chi connectivity index (χ1v) is 9.86. The number of halogens is 1. The fraction of sp³-hybridized carbons (Fsp3) is 0.409. The van der Waals surface area contributed by atoms with E-state index < -0.39 is 0 Å². The van der Waals surface area contributed by atoms with Gasteiger partial charge in [0.2, 0.25) is 0 Å². The van der Waals surface area contributed by atoms with Gasteiger partial charge in [0.15, 0.2) is 6.61 Å². The zero-order valence-electron chi connectivity index (χ0n) is 16.6. The quantitative estimate of drug-likeness (QED) is 0.666. The zero-order chi connectivity index (χ0) is 20.0. The molecule has 5 heteroatoms. The SMILES string of the molecule is Cc1ccc(OC[C@H](C)NC(=O)COc2ccc(C(C)(C)C)cc2Br)cc1. The van der Waals surface area contributed by atoms with Crippen LogP contribution in [0.3, 0.4) is 0 Å². The Kier molecular flexibility index (Phi) is 7.31. The van der Waals surface area contributed by atoms with Gasteiger partial charge in [-0.2, -0.15) is 0 Å². The van der Waals surface area contributed by atoms with Crippen molar-refractivity contribution in [1.29, 1.82) is 0 Å². The van der Waals surface area contributed by atoms with Crippen molar-refractivity contribution in [2.24, 2.45) is 0 Å². The van der Waals surface area contributed by atoms with Crippen LogP contribution in [0.25, 0.3) is 0 Å². The topological polar surface area (TPSA) is 47.6 Å². The van der Waals surface area contributed by atoms with Crippen molar-refractivity contribution < 1.29 is 14.3 Å². The Hall–Kier alpha value is -2.01. The van der Waals surface area contributed by atoms with Crippen molar-refractivity contribution >= 4 is 21.8 Å². The smallest absolute Gasteiger partial charge is 0.258 e. The van der Waals surface area contributed by atoms with E-state index in [9.17, 15) is 4.79 Å². The molecule has 1 atom stereocenters. The highest BCUT2D eigenvalue weighted by molar-refractivity contribution is 9.10. The lowest BCUT2D eigenvalue weighted by Gasteiger charge is -2.20. The first kappa shape index (κ1) is 21.3. The Balaban J connectivity index is 1.79. The van der Waals surface area contributed by atoms with E-state index in [2.05, 4.69) is 42.0 Å². The molecule has 0 unspecified atom stereocenters. The summed E-state index contributed by atoms with van der Waals surface area (Å²) in [5.74, 6) is 1.27. The summed E-state index contributed by atoms with van der Waals surface area (Å²) in [6.45, 7) is 10.8. The Morgan fingerprint density at radius 2 is 1.78 bits per heavy atom. The van der Waals surface area contributed by atoms with Crippen molar-refractivity contribution in [3.05, 3.63) is 58.1 Å². The number of aryl methyl sites for hydroxylation is 1. The highest BCUT2D eigenvalue weighted by Crippen LogP contribution is 2.31. The van der Waals surface area contributed by atoms with E-state index in [1.54, 1.807) is 0 Å². The van der Waals surface area contributed by atoms with Gasteiger partial charge in [-0.3, -0.25) is 4.79 Å². The first-order chi connectivity index (χ1) is 12.6. The van der Waals surface area contributed by atoms with Gasteiger partial charge in [-0.15, -0.1) is 0 Å². The van der Waals surface area contributed by atoms with Crippen molar-refractivity contribution in [2.75, 3.05) is 13.2 Å².